The van der Waals surface area contributed by atoms with E-state index in [0.29, 0.717) is 25.9 Å². The highest BCUT2D eigenvalue weighted by molar-refractivity contribution is 6.41. The van der Waals surface area contributed by atoms with Gasteiger partial charge in [0.25, 0.3) is 0 Å². The SMILES string of the molecule is O=C(Nc1ccc(F)cc1Cl)C(=O)N1CCC(O)CC1. The van der Waals surface area contributed by atoms with E-state index in [0.717, 1.165) is 12.1 Å². The van der Waals surface area contributed by atoms with Crippen LogP contribution >= 0.6 is 11.6 Å². The van der Waals surface area contributed by atoms with Crippen LogP contribution in [0.4, 0.5) is 10.1 Å². The average Bonchev–Trinajstić information content (AvgIpc) is 2.42. The van der Waals surface area contributed by atoms with Crippen LogP contribution < -0.4 is 5.32 Å². The van der Waals surface area contributed by atoms with Gasteiger partial charge < -0.3 is 15.3 Å². The van der Waals surface area contributed by atoms with Crippen molar-refractivity contribution in [3.8, 4) is 0 Å². The van der Waals surface area contributed by atoms with Crippen LogP contribution in [-0.4, -0.2) is 41.0 Å². The summed E-state index contributed by atoms with van der Waals surface area (Å²) >= 11 is 5.77. The van der Waals surface area contributed by atoms with E-state index in [1.54, 1.807) is 0 Å². The van der Waals surface area contributed by atoms with Crippen molar-refractivity contribution in [3.05, 3.63) is 29.0 Å². The summed E-state index contributed by atoms with van der Waals surface area (Å²) in [5.41, 5.74) is 0.184. The topological polar surface area (TPSA) is 69.6 Å². The summed E-state index contributed by atoms with van der Waals surface area (Å²) < 4.78 is 12.9. The van der Waals surface area contributed by atoms with Gasteiger partial charge in [0.15, 0.2) is 0 Å². The molecule has 0 saturated carbocycles. The van der Waals surface area contributed by atoms with Crippen LogP contribution in [0.25, 0.3) is 0 Å². The molecule has 7 heteroatoms. The van der Waals surface area contributed by atoms with Gasteiger partial charge in [-0.25, -0.2) is 4.39 Å². The van der Waals surface area contributed by atoms with Gasteiger partial charge in [-0.1, -0.05) is 11.6 Å². The number of carbonyl (C=O) groups excluding carboxylic acids is 2. The summed E-state index contributed by atoms with van der Waals surface area (Å²) in [7, 11) is 0. The quantitative estimate of drug-likeness (QED) is 0.770. The largest absolute Gasteiger partial charge is 0.393 e. The molecule has 2 amide bonds. The first kappa shape index (κ1) is 14.7. The molecule has 0 aromatic heterocycles. The number of aliphatic hydroxyl groups excluding tert-OH is 1. The molecule has 0 bridgehead atoms. The zero-order chi connectivity index (χ0) is 14.7. The Bertz CT molecular complexity index is 530. The second-order valence-corrected chi connectivity index (χ2v) is 5.01. The van der Waals surface area contributed by atoms with Crippen molar-refractivity contribution in [2.24, 2.45) is 0 Å². The van der Waals surface area contributed by atoms with Gasteiger partial charge in [0.1, 0.15) is 5.82 Å². The minimum Gasteiger partial charge on any atom is -0.393 e. The minimum absolute atomic E-state index is 0.0280. The fourth-order valence-corrected chi connectivity index (χ4v) is 2.19. The van der Waals surface area contributed by atoms with Crippen molar-refractivity contribution in [2.75, 3.05) is 18.4 Å². The van der Waals surface area contributed by atoms with Gasteiger partial charge in [0, 0.05) is 13.1 Å². The van der Waals surface area contributed by atoms with E-state index < -0.39 is 23.7 Å². The molecule has 0 atom stereocenters. The number of rotatable bonds is 1. The van der Waals surface area contributed by atoms with Crippen molar-refractivity contribution in [1.29, 1.82) is 0 Å². The highest BCUT2D eigenvalue weighted by atomic mass is 35.5. The van der Waals surface area contributed by atoms with Crippen LogP contribution in [0.5, 0.6) is 0 Å². The predicted molar refractivity (Wildman–Crippen MR) is 71.9 cm³/mol. The summed E-state index contributed by atoms with van der Waals surface area (Å²) in [6, 6.07) is 3.49. The Labute approximate surface area is 120 Å². The smallest absolute Gasteiger partial charge is 0.313 e. The van der Waals surface area contributed by atoms with Crippen molar-refractivity contribution < 1.29 is 19.1 Å². The fourth-order valence-electron chi connectivity index (χ4n) is 1.98. The first-order chi connectivity index (χ1) is 9.47. The molecule has 0 radical (unpaired) electrons. The lowest BCUT2D eigenvalue weighted by molar-refractivity contribution is -0.144. The standard InChI is InChI=1S/C13H14ClFN2O3/c14-10-7-8(15)1-2-11(10)16-12(19)13(20)17-5-3-9(18)4-6-17/h1-2,7,9,18H,3-6H2,(H,16,19). The van der Waals surface area contributed by atoms with Crippen LogP contribution in [0, 0.1) is 5.82 Å². The van der Waals surface area contributed by atoms with Crippen LogP contribution in [-0.2, 0) is 9.59 Å². The van der Waals surface area contributed by atoms with E-state index in [9.17, 15) is 19.1 Å². The lowest BCUT2D eigenvalue weighted by atomic mass is 10.1. The lowest BCUT2D eigenvalue weighted by Gasteiger charge is -2.28. The van der Waals surface area contributed by atoms with Gasteiger partial charge in [0.05, 0.1) is 16.8 Å². The molecule has 2 rings (SSSR count). The van der Waals surface area contributed by atoms with Crippen molar-refractivity contribution in [3.63, 3.8) is 0 Å². The molecule has 0 spiro atoms. The monoisotopic (exact) mass is 300 g/mol. The molecule has 1 saturated heterocycles. The molecule has 5 nitrogen and oxygen atoms in total. The molecule has 1 aliphatic heterocycles. The molecule has 108 valence electrons. The van der Waals surface area contributed by atoms with E-state index in [4.69, 9.17) is 11.6 Å². The maximum atomic E-state index is 12.9. The van der Waals surface area contributed by atoms with Gasteiger partial charge in [0.2, 0.25) is 0 Å². The van der Waals surface area contributed by atoms with E-state index in [2.05, 4.69) is 5.32 Å². The summed E-state index contributed by atoms with van der Waals surface area (Å²) in [4.78, 5) is 25.1. The number of nitrogens with one attached hydrogen (secondary N) is 1. The Hall–Kier alpha value is -1.66. The maximum absolute atomic E-state index is 12.9. The Morgan fingerprint density at radius 2 is 2.00 bits per heavy atom. The number of hydrogen-bond acceptors (Lipinski definition) is 3. The van der Waals surface area contributed by atoms with E-state index in [1.807, 2.05) is 0 Å². The number of likely N-dealkylation sites (tertiary alicyclic amines) is 1. The van der Waals surface area contributed by atoms with Gasteiger partial charge >= 0.3 is 11.8 Å². The van der Waals surface area contributed by atoms with Gasteiger partial charge in [-0.05, 0) is 31.0 Å². The lowest BCUT2D eigenvalue weighted by Crippen LogP contribution is -2.45. The van der Waals surface area contributed by atoms with E-state index in [-0.39, 0.29) is 10.7 Å². The van der Waals surface area contributed by atoms with E-state index in [1.165, 1.54) is 11.0 Å². The third-order valence-electron chi connectivity index (χ3n) is 3.13. The van der Waals surface area contributed by atoms with Crippen molar-refractivity contribution >= 4 is 29.1 Å². The zero-order valence-corrected chi connectivity index (χ0v) is 11.4. The van der Waals surface area contributed by atoms with Crippen LogP contribution in [0.2, 0.25) is 5.02 Å². The molecular weight excluding hydrogens is 287 g/mol. The molecule has 0 unspecified atom stereocenters. The van der Waals surface area contributed by atoms with Gasteiger partial charge in [-0.15, -0.1) is 0 Å². The number of halogens is 2. The summed E-state index contributed by atoms with van der Waals surface area (Å²) in [6.07, 6.45) is 0.487. The second-order valence-electron chi connectivity index (χ2n) is 4.60. The first-order valence-corrected chi connectivity index (χ1v) is 6.58. The summed E-state index contributed by atoms with van der Waals surface area (Å²) in [6.45, 7) is 0.676. The average molecular weight is 301 g/mol. The normalized spacial score (nSPS) is 16.1. The zero-order valence-electron chi connectivity index (χ0n) is 10.6. The Morgan fingerprint density at radius 3 is 2.60 bits per heavy atom. The fraction of sp³-hybridized carbons (Fsp3) is 0.385. The molecule has 1 fully saturated rings. The number of anilines is 1. The molecule has 1 aromatic rings. The third-order valence-corrected chi connectivity index (χ3v) is 3.44. The molecule has 1 heterocycles. The molecule has 2 N–H and O–H groups in total. The van der Waals surface area contributed by atoms with Crippen LogP contribution in [0.3, 0.4) is 0 Å². The molecule has 0 aliphatic carbocycles. The Morgan fingerprint density at radius 1 is 1.35 bits per heavy atom. The summed E-state index contributed by atoms with van der Waals surface area (Å²) in [5, 5.41) is 11.7. The second kappa shape index (κ2) is 6.19. The molecule has 1 aliphatic rings. The number of carbonyl (C=O) groups is 2. The highest BCUT2D eigenvalue weighted by Gasteiger charge is 2.26. The molecule has 1 aromatic carbocycles. The van der Waals surface area contributed by atoms with Crippen molar-refractivity contribution in [1.82, 2.24) is 4.90 Å². The Balaban J connectivity index is 1.99. The molecule has 20 heavy (non-hydrogen) atoms. The third kappa shape index (κ3) is 3.46. The van der Waals surface area contributed by atoms with E-state index >= 15 is 0 Å². The summed E-state index contributed by atoms with van der Waals surface area (Å²) in [5.74, 6) is -2.03. The Kier molecular flexibility index (Phi) is 4.57. The van der Waals surface area contributed by atoms with Gasteiger partial charge in [-0.3, -0.25) is 9.59 Å². The number of amides is 2. The van der Waals surface area contributed by atoms with Crippen molar-refractivity contribution in [2.45, 2.75) is 18.9 Å². The predicted octanol–water partition coefficient (Wildman–Crippen LogP) is 1.40. The minimum atomic E-state index is -0.824. The maximum Gasteiger partial charge on any atom is 0.313 e. The number of piperidine rings is 1. The molecular formula is C13H14ClFN2O3. The number of nitrogens with zero attached hydrogens (tertiary/aromatic N) is 1. The first-order valence-electron chi connectivity index (χ1n) is 6.21. The number of hydrogen-bond donors (Lipinski definition) is 2. The highest BCUT2D eigenvalue weighted by Crippen LogP contribution is 2.22. The van der Waals surface area contributed by atoms with Crippen LogP contribution in [0.15, 0.2) is 18.2 Å². The van der Waals surface area contributed by atoms with Gasteiger partial charge in [-0.2, -0.15) is 0 Å². The van der Waals surface area contributed by atoms with Crippen LogP contribution in [0.1, 0.15) is 12.8 Å². The number of aliphatic hydroxyl groups is 1. The number of benzene rings is 1.